The van der Waals surface area contributed by atoms with Crippen LogP contribution in [0.15, 0.2) is 71.7 Å². The predicted octanol–water partition coefficient (Wildman–Crippen LogP) is 6.15. The lowest BCUT2D eigenvalue weighted by Gasteiger charge is -2.25. The highest BCUT2D eigenvalue weighted by atomic mass is 35.5. The minimum atomic E-state index is -0.711. The molecule has 0 fully saturated rings. The van der Waals surface area contributed by atoms with Gasteiger partial charge in [0.05, 0.1) is 19.3 Å². The van der Waals surface area contributed by atoms with Crippen LogP contribution >= 0.6 is 34.8 Å². The van der Waals surface area contributed by atoms with Gasteiger partial charge in [-0.25, -0.2) is 0 Å². The van der Waals surface area contributed by atoms with Gasteiger partial charge in [0.2, 0.25) is 0 Å². The minimum absolute atomic E-state index is 0.157. The number of rotatable bonds is 5. The summed E-state index contributed by atoms with van der Waals surface area (Å²) in [6.07, 6.45) is 0.343. The molecule has 4 nitrogen and oxygen atoms in total. The van der Waals surface area contributed by atoms with Gasteiger partial charge in [0.15, 0.2) is 0 Å². The molecule has 4 rings (SSSR count). The molecule has 1 heterocycles. The first-order valence-electron chi connectivity index (χ1n) is 9.67. The number of carbonyl (C=O) groups excluding carboxylic acids is 1. The van der Waals surface area contributed by atoms with Crippen molar-refractivity contribution in [3.8, 4) is 5.75 Å². The number of methoxy groups -OCH3 is 1. The maximum atomic E-state index is 13.6. The maximum Gasteiger partial charge on any atom is 0.252 e. The van der Waals surface area contributed by atoms with E-state index in [0.717, 1.165) is 16.9 Å². The number of fused-ring (bicyclic) bond motifs is 1. The van der Waals surface area contributed by atoms with Crippen molar-refractivity contribution >= 4 is 51.6 Å². The normalized spacial score (nSPS) is 15.9. The third kappa shape index (κ3) is 4.72. The van der Waals surface area contributed by atoms with E-state index in [1.54, 1.807) is 36.3 Å². The van der Waals surface area contributed by atoms with Crippen LogP contribution in [0.3, 0.4) is 0 Å². The van der Waals surface area contributed by atoms with Crippen molar-refractivity contribution in [2.75, 3.05) is 12.0 Å². The topological polar surface area (TPSA) is 41.9 Å². The highest BCUT2D eigenvalue weighted by molar-refractivity contribution is 6.70. The molecule has 7 heteroatoms. The van der Waals surface area contributed by atoms with E-state index in [0.29, 0.717) is 34.3 Å². The lowest BCUT2D eigenvalue weighted by molar-refractivity contribution is -0.119. The van der Waals surface area contributed by atoms with Gasteiger partial charge < -0.3 is 9.64 Å². The van der Waals surface area contributed by atoms with Crippen LogP contribution in [0.5, 0.6) is 5.75 Å². The van der Waals surface area contributed by atoms with Crippen LogP contribution in [0.4, 0.5) is 5.69 Å². The first-order chi connectivity index (χ1) is 15.0. The monoisotopic (exact) mass is 472 g/mol. The maximum absolute atomic E-state index is 13.6. The number of hydrogen-bond donors (Lipinski definition) is 0. The standard InChI is InChI=1S/C24H19Cl3N2O2/c1-31-18-9-6-15(7-10-18)14-29-22-11-8-17(25)13-19(22)23(27)28-21(24(29)30)12-16-4-2-3-5-20(16)26/h2-11,13,21H,12,14H2,1H3/t21-/m0/s1. The molecule has 0 unspecified atom stereocenters. The summed E-state index contributed by atoms with van der Waals surface area (Å²) >= 11 is 19.1. The van der Waals surface area contributed by atoms with E-state index in [2.05, 4.69) is 4.99 Å². The summed E-state index contributed by atoms with van der Waals surface area (Å²) in [5.74, 6) is 0.594. The number of amides is 1. The Bertz CT molecular complexity index is 1150. The lowest BCUT2D eigenvalue weighted by atomic mass is 10.0. The van der Waals surface area contributed by atoms with Crippen LogP contribution in [0, 0.1) is 0 Å². The van der Waals surface area contributed by atoms with Crippen molar-refractivity contribution in [3.63, 3.8) is 0 Å². The molecule has 1 atom stereocenters. The van der Waals surface area contributed by atoms with Gasteiger partial charge in [-0.2, -0.15) is 0 Å². The highest BCUT2D eigenvalue weighted by Gasteiger charge is 2.32. The third-order valence-electron chi connectivity index (χ3n) is 5.16. The molecule has 0 aliphatic carbocycles. The molecule has 3 aromatic rings. The summed E-state index contributed by atoms with van der Waals surface area (Å²) in [7, 11) is 1.62. The predicted molar refractivity (Wildman–Crippen MR) is 127 cm³/mol. The van der Waals surface area contributed by atoms with Crippen LogP contribution in [0.1, 0.15) is 16.7 Å². The summed E-state index contributed by atoms with van der Waals surface area (Å²) in [5.41, 5.74) is 3.08. The zero-order valence-electron chi connectivity index (χ0n) is 16.7. The molecule has 0 radical (unpaired) electrons. The molecular formula is C24H19Cl3N2O2. The highest BCUT2D eigenvalue weighted by Crippen LogP contribution is 2.32. The van der Waals surface area contributed by atoms with Gasteiger partial charge in [0, 0.05) is 22.0 Å². The van der Waals surface area contributed by atoms with Crippen molar-refractivity contribution < 1.29 is 9.53 Å². The second kappa shape index (κ2) is 9.31. The molecule has 0 spiro atoms. The van der Waals surface area contributed by atoms with Crippen molar-refractivity contribution in [2.24, 2.45) is 4.99 Å². The van der Waals surface area contributed by atoms with E-state index in [9.17, 15) is 4.79 Å². The largest absolute Gasteiger partial charge is 0.497 e. The van der Waals surface area contributed by atoms with Crippen molar-refractivity contribution in [3.05, 3.63) is 93.5 Å². The van der Waals surface area contributed by atoms with E-state index in [4.69, 9.17) is 39.5 Å². The van der Waals surface area contributed by atoms with Gasteiger partial charge in [0.25, 0.3) is 5.91 Å². The number of hydrogen-bond acceptors (Lipinski definition) is 3. The first-order valence-corrected chi connectivity index (χ1v) is 10.8. The number of nitrogens with zero attached hydrogens (tertiary/aromatic N) is 2. The van der Waals surface area contributed by atoms with Crippen LogP contribution in [0.25, 0.3) is 0 Å². The van der Waals surface area contributed by atoms with Crippen LogP contribution in [-0.4, -0.2) is 24.2 Å². The molecule has 0 aromatic heterocycles. The Morgan fingerprint density at radius 2 is 1.74 bits per heavy atom. The number of benzodiazepines with no additional fused rings is 1. The smallest absolute Gasteiger partial charge is 0.252 e. The average Bonchev–Trinajstić information content (AvgIpc) is 2.86. The molecular weight excluding hydrogens is 455 g/mol. The molecule has 0 saturated carbocycles. The quantitative estimate of drug-likeness (QED) is 0.446. The van der Waals surface area contributed by atoms with E-state index >= 15 is 0 Å². The number of halogens is 3. The summed E-state index contributed by atoms with van der Waals surface area (Å²) < 4.78 is 5.23. The van der Waals surface area contributed by atoms with Crippen LogP contribution in [0.2, 0.25) is 10.0 Å². The van der Waals surface area contributed by atoms with Gasteiger partial charge in [0.1, 0.15) is 17.0 Å². The Morgan fingerprint density at radius 1 is 1.00 bits per heavy atom. The van der Waals surface area contributed by atoms with Gasteiger partial charge in [-0.1, -0.05) is 65.1 Å². The van der Waals surface area contributed by atoms with Crippen LogP contribution in [-0.2, 0) is 17.8 Å². The second-order valence-corrected chi connectivity index (χ2v) is 8.37. The zero-order valence-corrected chi connectivity index (χ0v) is 19.0. The number of benzene rings is 3. The third-order valence-corrected chi connectivity index (χ3v) is 6.07. The first kappa shape index (κ1) is 21.7. The van der Waals surface area contributed by atoms with Gasteiger partial charge in [-0.05, 0) is 47.5 Å². The fraction of sp³-hybridized carbons (Fsp3) is 0.167. The summed E-state index contributed by atoms with van der Waals surface area (Å²) in [6, 6.07) is 19.6. The van der Waals surface area contributed by atoms with Gasteiger partial charge in [-0.3, -0.25) is 9.79 Å². The average molecular weight is 474 g/mol. The summed E-state index contributed by atoms with van der Waals surface area (Å²) in [6.45, 7) is 0.357. The Balaban J connectivity index is 1.74. The van der Waals surface area contributed by atoms with E-state index in [1.807, 2.05) is 42.5 Å². The molecule has 1 amide bonds. The SMILES string of the molecule is COc1ccc(CN2C(=O)[C@H](Cc3ccccc3Cl)N=C(Cl)c3cc(Cl)ccc32)cc1. The van der Waals surface area contributed by atoms with E-state index in [1.165, 1.54) is 0 Å². The zero-order chi connectivity index (χ0) is 22.0. The van der Waals surface area contributed by atoms with Crippen molar-refractivity contribution in [1.29, 1.82) is 0 Å². The Hall–Kier alpha value is -2.53. The summed E-state index contributed by atoms with van der Waals surface area (Å²) in [4.78, 5) is 19.9. The van der Waals surface area contributed by atoms with E-state index < -0.39 is 6.04 Å². The fourth-order valence-corrected chi connectivity index (χ4v) is 4.21. The molecule has 3 aromatic carbocycles. The molecule has 31 heavy (non-hydrogen) atoms. The molecule has 1 aliphatic rings. The van der Waals surface area contributed by atoms with Gasteiger partial charge in [-0.15, -0.1) is 0 Å². The van der Waals surface area contributed by atoms with Crippen molar-refractivity contribution in [2.45, 2.75) is 19.0 Å². The van der Waals surface area contributed by atoms with E-state index in [-0.39, 0.29) is 11.1 Å². The molecule has 1 aliphatic heterocycles. The molecule has 0 bridgehead atoms. The summed E-state index contributed by atoms with van der Waals surface area (Å²) in [5, 5.41) is 1.36. The fourth-order valence-electron chi connectivity index (χ4n) is 3.55. The number of carbonyl (C=O) groups is 1. The second-order valence-electron chi connectivity index (χ2n) is 7.17. The lowest BCUT2D eigenvalue weighted by Crippen LogP contribution is -2.38. The Labute approximate surface area is 196 Å². The number of ether oxygens (including phenoxy) is 1. The Morgan fingerprint density at radius 3 is 2.45 bits per heavy atom. The number of aliphatic imine (C=N–C) groups is 1. The van der Waals surface area contributed by atoms with Crippen LogP contribution < -0.4 is 9.64 Å². The molecule has 158 valence electrons. The minimum Gasteiger partial charge on any atom is -0.497 e. The molecule has 0 N–H and O–H groups in total. The van der Waals surface area contributed by atoms with Gasteiger partial charge >= 0.3 is 0 Å². The number of anilines is 1. The van der Waals surface area contributed by atoms with Crippen molar-refractivity contribution in [1.82, 2.24) is 0 Å². The molecule has 0 saturated heterocycles. The Kier molecular flexibility index (Phi) is 6.51.